The minimum absolute atomic E-state index is 0.108. The Hall–Kier alpha value is -3.27. The van der Waals surface area contributed by atoms with Crippen LogP contribution in [0.4, 0.5) is 8.78 Å². The second-order valence-corrected chi connectivity index (χ2v) is 11.3. The van der Waals surface area contributed by atoms with Crippen LogP contribution >= 0.6 is 0 Å². The Morgan fingerprint density at radius 3 is 2.56 bits per heavy atom. The van der Waals surface area contributed by atoms with Gasteiger partial charge in [-0.1, -0.05) is 36.4 Å². The van der Waals surface area contributed by atoms with Gasteiger partial charge in [0.15, 0.2) is 0 Å². The van der Waals surface area contributed by atoms with Gasteiger partial charge in [0, 0.05) is 23.1 Å². The molecular formula is C27H26F2N2O4S. The van der Waals surface area contributed by atoms with Crippen LogP contribution < -0.4 is 4.74 Å². The normalized spacial score (nSPS) is 18.9. The molecule has 1 N–H and O–H groups in total. The molecule has 4 aromatic rings. The van der Waals surface area contributed by atoms with E-state index in [-0.39, 0.29) is 25.0 Å². The maximum absolute atomic E-state index is 13.1. The first kappa shape index (κ1) is 24.4. The lowest BCUT2D eigenvalue weighted by Crippen LogP contribution is -2.10. The van der Waals surface area contributed by atoms with Gasteiger partial charge in [-0.05, 0) is 56.9 Å². The van der Waals surface area contributed by atoms with Gasteiger partial charge in [0.1, 0.15) is 17.7 Å². The lowest BCUT2D eigenvalue weighted by atomic mass is 10.0. The molecule has 0 amide bonds. The number of rotatable bonds is 8. The number of alkyl halides is 2. The SMILES string of the molecule is C=S(C)(=O)c1ccc(-c2ccc3nc4n(c3c2)[C@@H](c2ccccc2OC(F)F)C[C@H]4OCCO)cc1. The zero-order chi connectivity index (χ0) is 25.4. The van der Waals surface area contributed by atoms with Gasteiger partial charge in [0.2, 0.25) is 0 Å². The Morgan fingerprint density at radius 2 is 1.86 bits per heavy atom. The summed E-state index contributed by atoms with van der Waals surface area (Å²) in [6.07, 6.45) is 1.66. The zero-order valence-corrected chi connectivity index (χ0v) is 20.5. The Morgan fingerprint density at radius 1 is 1.14 bits per heavy atom. The van der Waals surface area contributed by atoms with Crippen molar-refractivity contribution in [3.05, 3.63) is 78.1 Å². The van der Waals surface area contributed by atoms with E-state index in [0.29, 0.717) is 22.7 Å². The van der Waals surface area contributed by atoms with Crippen molar-refractivity contribution in [2.75, 3.05) is 19.5 Å². The molecule has 188 valence electrons. The summed E-state index contributed by atoms with van der Waals surface area (Å²) in [6.45, 7) is -2.94. The molecule has 1 aromatic heterocycles. The number of aliphatic hydroxyl groups excluding tert-OH is 1. The van der Waals surface area contributed by atoms with E-state index in [4.69, 9.17) is 14.5 Å². The Bertz CT molecular complexity index is 1500. The van der Waals surface area contributed by atoms with Crippen molar-refractivity contribution >= 4 is 26.4 Å². The fourth-order valence-corrected chi connectivity index (χ4v) is 5.47. The van der Waals surface area contributed by atoms with Crippen molar-refractivity contribution in [1.29, 1.82) is 0 Å². The van der Waals surface area contributed by atoms with Gasteiger partial charge in [-0.3, -0.25) is 4.21 Å². The Balaban J connectivity index is 1.62. The molecule has 5 rings (SSSR count). The number of para-hydroxylation sites is 1. The minimum atomic E-state index is -2.95. The maximum Gasteiger partial charge on any atom is 0.387 e. The van der Waals surface area contributed by atoms with E-state index in [9.17, 15) is 18.1 Å². The van der Waals surface area contributed by atoms with Gasteiger partial charge in [0.25, 0.3) is 0 Å². The molecule has 1 aliphatic rings. The number of benzene rings is 3. The molecule has 6 nitrogen and oxygen atoms in total. The molecule has 2 heterocycles. The van der Waals surface area contributed by atoms with Crippen LogP contribution in [0.5, 0.6) is 5.75 Å². The molecule has 3 atom stereocenters. The molecule has 3 aromatic carbocycles. The molecule has 0 saturated heterocycles. The molecule has 36 heavy (non-hydrogen) atoms. The van der Waals surface area contributed by atoms with Crippen LogP contribution in [0.1, 0.15) is 30.0 Å². The first-order valence-electron chi connectivity index (χ1n) is 11.5. The molecule has 1 unspecified atom stereocenters. The van der Waals surface area contributed by atoms with Crippen molar-refractivity contribution in [2.45, 2.75) is 30.1 Å². The maximum atomic E-state index is 13.1. The van der Waals surface area contributed by atoms with Gasteiger partial charge in [-0.2, -0.15) is 8.78 Å². The lowest BCUT2D eigenvalue weighted by molar-refractivity contribution is -0.0507. The summed E-state index contributed by atoms with van der Waals surface area (Å²) in [5.74, 6) is 4.52. The summed E-state index contributed by atoms with van der Waals surface area (Å²) < 4.78 is 51.3. The quantitative estimate of drug-likeness (QED) is 0.335. The highest BCUT2D eigenvalue weighted by Gasteiger charge is 2.37. The number of ether oxygens (including phenoxy) is 2. The van der Waals surface area contributed by atoms with Crippen LogP contribution in [0.2, 0.25) is 0 Å². The van der Waals surface area contributed by atoms with Crippen molar-refractivity contribution in [3.8, 4) is 16.9 Å². The van der Waals surface area contributed by atoms with Crippen molar-refractivity contribution in [1.82, 2.24) is 9.55 Å². The molecular weight excluding hydrogens is 486 g/mol. The van der Waals surface area contributed by atoms with E-state index in [1.54, 1.807) is 24.5 Å². The average molecular weight is 513 g/mol. The lowest BCUT2D eigenvalue weighted by Gasteiger charge is -2.19. The highest BCUT2D eigenvalue weighted by Crippen LogP contribution is 2.46. The van der Waals surface area contributed by atoms with E-state index in [1.165, 1.54) is 6.07 Å². The minimum Gasteiger partial charge on any atom is -0.434 e. The number of hydrogen-bond acceptors (Lipinski definition) is 5. The standard InChI is InChI=1S/C27H26F2N2O4S/c1-36(2,33)19-10-7-17(8-11-19)18-9-12-21-23(15-18)31-22(16-25(26(31)30-21)34-14-13-32)20-5-3-4-6-24(20)35-27(28)29/h3-12,15,22,25,27,32H,1,13-14,16H2,2H3/t22-,25-,36?/m1/s1. The molecule has 9 heteroatoms. The third-order valence-corrected chi connectivity index (χ3v) is 7.61. The summed E-state index contributed by atoms with van der Waals surface area (Å²) in [6, 6.07) is 19.7. The average Bonchev–Trinajstić information content (AvgIpc) is 3.39. The van der Waals surface area contributed by atoms with Crippen LogP contribution in [0, 0.1) is 0 Å². The number of halogens is 2. The topological polar surface area (TPSA) is 73.6 Å². The Kier molecular flexibility index (Phi) is 6.55. The first-order chi connectivity index (χ1) is 17.3. The van der Waals surface area contributed by atoms with Crippen LogP contribution in [0.15, 0.2) is 71.6 Å². The molecule has 0 saturated carbocycles. The summed E-state index contributed by atoms with van der Waals surface area (Å²) in [7, 11) is -2.31. The molecule has 0 fully saturated rings. The van der Waals surface area contributed by atoms with E-state index in [2.05, 4.69) is 5.87 Å². The van der Waals surface area contributed by atoms with Gasteiger partial charge in [-0.15, -0.1) is 0 Å². The van der Waals surface area contributed by atoms with Crippen molar-refractivity contribution < 1.29 is 27.6 Å². The molecule has 0 spiro atoms. The smallest absolute Gasteiger partial charge is 0.387 e. The predicted octanol–water partition coefficient (Wildman–Crippen LogP) is 5.05. The number of hydrogen-bond donors (Lipinski definition) is 1. The second kappa shape index (κ2) is 9.65. The van der Waals surface area contributed by atoms with Crippen molar-refractivity contribution in [2.24, 2.45) is 0 Å². The molecule has 1 aliphatic heterocycles. The monoisotopic (exact) mass is 512 g/mol. The Labute approximate surface area is 208 Å². The van der Waals surface area contributed by atoms with Crippen LogP contribution in [-0.2, 0) is 14.3 Å². The number of fused-ring (bicyclic) bond motifs is 3. The van der Waals surface area contributed by atoms with Crippen LogP contribution in [-0.4, -0.2) is 50.8 Å². The number of aromatic nitrogens is 2. The number of aliphatic hydroxyl groups is 1. The number of imidazole rings is 1. The zero-order valence-electron chi connectivity index (χ0n) is 19.6. The van der Waals surface area contributed by atoms with Crippen molar-refractivity contribution in [3.63, 3.8) is 0 Å². The summed E-state index contributed by atoms with van der Waals surface area (Å²) in [4.78, 5) is 5.47. The van der Waals surface area contributed by atoms with E-state index in [0.717, 1.165) is 22.2 Å². The highest BCUT2D eigenvalue weighted by atomic mass is 32.2. The van der Waals surface area contributed by atoms with E-state index >= 15 is 0 Å². The fourth-order valence-electron chi connectivity index (χ4n) is 4.76. The van der Waals surface area contributed by atoms with Crippen LogP contribution in [0.3, 0.4) is 0 Å². The predicted molar refractivity (Wildman–Crippen MR) is 136 cm³/mol. The fraction of sp³-hybridized carbons (Fsp3) is 0.259. The van der Waals surface area contributed by atoms with Gasteiger partial charge in [-0.25, -0.2) is 4.98 Å². The molecule has 0 aliphatic carbocycles. The van der Waals surface area contributed by atoms with Gasteiger partial charge in [0.05, 0.1) is 30.3 Å². The highest BCUT2D eigenvalue weighted by molar-refractivity contribution is 7.99. The van der Waals surface area contributed by atoms with E-state index in [1.807, 2.05) is 47.0 Å². The van der Waals surface area contributed by atoms with E-state index < -0.39 is 22.2 Å². The van der Waals surface area contributed by atoms with Gasteiger partial charge < -0.3 is 19.1 Å². The molecule has 0 radical (unpaired) electrons. The second-order valence-electron chi connectivity index (χ2n) is 8.82. The van der Waals surface area contributed by atoms with Crippen LogP contribution in [0.25, 0.3) is 22.2 Å². The number of nitrogens with zero attached hydrogens (tertiary/aromatic N) is 2. The largest absolute Gasteiger partial charge is 0.434 e. The summed E-state index contributed by atoms with van der Waals surface area (Å²) in [5.41, 5.74) is 4.04. The summed E-state index contributed by atoms with van der Waals surface area (Å²) >= 11 is 0. The molecule has 0 bridgehead atoms. The van der Waals surface area contributed by atoms with Gasteiger partial charge >= 0.3 is 6.61 Å². The summed E-state index contributed by atoms with van der Waals surface area (Å²) in [5, 5.41) is 9.30. The third kappa shape index (κ3) is 4.61. The first-order valence-corrected chi connectivity index (χ1v) is 13.6. The third-order valence-electron chi connectivity index (χ3n) is 6.34.